The van der Waals surface area contributed by atoms with Gasteiger partial charge in [-0.05, 0) is 6.42 Å². The first-order chi connectivity index (χ1) is 5.81. The van der Waals surface area contributed by atoms with Gasteiger partial charge < -0.3 is 5.32 Å². The van der Waals surface area contributed by atoms with Gasteiger partial charge in [-0.25, -0.2) is 0 Å². The maximum Gasteiger partial charge on any atom is 0.146 e. The van der Waals surface area contributed by atoms with E-state index in [0.29, 0.717) is 12.3 Å². The average Bonchev–Trinajstić information content (AvgIpc) is 2.06. The Bertz CT molecular complexity index is 132. The third kappa shape index (κ3) is 7.48. The van der Waals surface area contributed by atoms with Crippen LogP contribution in [-0.2, 0) is 4.79 Å². The van der Waals surface area contributed by atoms with Crippen LogP contribution >= 0.6 is 0 Å². The van der Waals surface area contributed by atoms with Crippen LogP contribution in [0.5, 0.6) is 0 Å². The van der Waals surface area contributed by atoms with E-state index >= 15 is 0 Å². The van der Waals surface area contributed by atoms with Crippen LogP contribution in [0.15, 0.2) is 12.7 Å². The molecule has 0 fully saturated rings. The van der Waals surface area contributed by atoms with Gasteiger partial charge in [0.2, 0.25) is 0 Å². The molecule has 0 amide bonds. The Morgan fingerprint density at radius 2 is 2.25 bits per heavy atom. The van der Waals surface area contributed by atoms with E-state index in [4.69, 9.17) is 0 Å². The van der Waals surface area contributed by atoms with Crippen LogP contribution in [0.2, 0.25) is 0 Å². The van der Waals surface area contributed by atoms with Crippen LogP contribution in [0.3, 0.4) is 0 Å². The summed E-state index contributed by atoms with van der Waals surface area (Å²) in [4.78, 5) is 11.1. The molecule has 0 radical (unpaired) electrons. The van der Waals surface area contributed by atoms with Gasteiger partial charge in [-0.3, -0.25) is 4.79 Å². The highest BCUT2D eigenvalue weighted by Crippen LogP contribution is 1.98. The number of unbranched alkanes of at least 4 members (excludes halogenated alkanes) is 2. The molecule has 0 bridgehead atoms. The maximum absolute atomic E-state index is 11.1. The van der Waals surface area contributed by atoms with Crippen LogP contribution in [0.1, 0.15) is 32.6 Å². The minimum atomic E-state index is 0.310. The first kappa shape index (κ1) is 11.4. The molecule has 0 aromatic carbocycles. The molecule has 0 saturated heterocycles. The van der Waals surface area contributed by atoms with E-state index in [1.165, 1.54) is 6.42 Å². The maximum atomic E-state index is 11.1. The molecular formula is C10H19NO. The molecule has 0 spiro atoms. The third-order valence-electron chi connectivity index (χ3n) is 1.67. The first-order valence-electron chi connectivity index (χ1n) is 4.64. The molecule has 0 unspecified atom stereocenters. The van der Waals surface area contributed by atoms with Crippen LogP contribution in [0, 0.1) is 0 Å². The molecule has 70 valence electrons. The van der Waals surface area contributed by atoms with E-state index in [1.807, 2.05) is 0 Å². The predicted octanol–water partition coefficient (Wildman–Crippen LogP) is 1.91. The standard InChI is InChI=1S/C10H19NO/c1-3-5-6-7-10(12)9-11-8-4-2/h4,11H,2-3,5-9H2,1H3. The van der Waals surface area contributed by atoms with Crippen molar-refractivity contribution in [3.63, 3.8) is 0 Å². The summed E-state index contributed by atoms with van der Waals surface area (Å²) in [5.41, 5.74) is 0. The predicted molar refractivity (Wildman–Crippen MR) is 52.2 cm³/mol. The molecule has 0 rings (SSSR count). The Balaban J connectivity index is 3.15. The van der Waals surface area contributed by atoms with Gasteiger partial charge in [0.05, 0.1) is 6.54 Å². The Morgan fingerprint density at radius 1 is 1.50 bits per heavy atom. The Labute approximate surface area is 75.0 Å². The number of carbonyl (C=O) groups is 1. The number of carbonyl (C=O) groups excluding carboxylic acids is 1. The normalized spacial score (nSPS) is 9.75. The van der Waals surface area contributed by atoms with Crippen LogP contribution in [-0.4, -0.2) is 18.9 Å². The highest BCUT2D eigenvalue weighted by molar-refractivity contribution is 5.80. The van der Waals surface area contributed by atoms with Gasteiger partial charge >= 0.3 is 0 Å². The summed E-state index contributed by atoms with van der Waals surface area (Å²) >= 11 is 0. The zero-order chi connectivity index (χ0) is 9.23. The smallest absolute Gasteiger partial charge is 0.146 e. The van der Waals surface area contributed by atoms with Gasteiger partial charge in [-0.1, -0.05) is 25.8 Å². The van der Waals surface area contributed by atoms with Gasteiger partial charge in [-0.2, -0.15) is 0 Å². The van der Waals surface area contributed by atoms with Crippen molar-refractivity contribution in [2.24, 2.45) is 0 Å². The molecule has 0 saturated carbocycles. The highest BCUT2D eigenvalue weighted by atomic mass is 16.1. The van der Waals surface area contributed by atoms with Crippen LogP contribution in [0.25, 0.3) is 0 Å². The first-order valence-corrected chi connectivity index (χ1v) is 4.64. The number of Topliss-reactive ketones (excluding diaryl/α,β-unsaturated/α-hetero) is 1. The molecule has 12 heavy (non-hydrogen) atoms. The fourth-order valence-electron chi connectivity index (χ4n) is 0.974. The molecule has 2 nitrogen and oxygen atoms in total. The molecule has 1 N–H and O–H groups in total. The lowest BCUT2D eigenvalue weighted by molar-refractivity contribution is -0.118. The van der Waals surface area contributed by atoms with Crippen molar-refractivity contribution in [3.8, 4) is 0 Å². The van der Waals surface area contributed by atoms with Crippen molar-refractivity contribution in [1.29, 1.82) is 0 Å². The van der Waals surface area contributed by atoms with Crippen molar-refractivity contribution in [2.45, 2.75) is 32.6 Å². The van der Waals surface area contributed by atoms with Gasteiger partial charge in [-0.15, -0.1) is 6.58 Å². The van der Waals surface area contributed by atoms with Crippen molar-refractivity contribution < 1.29 is 4.79 Å². The molecule has 0 atom stereocenters. The molecule has 0 aliphatic heterocycles. The van der Waals surface area contributed by atoms with E-state index in [-0.39, 0.29) is 0 Å². The van der Waals surface area contributed by atoms with E-state index in [1.54, 1.807) is 6.08 Å². The lowest BCUT2D eigenvalue weighted by atomic mass is 10.1. The molecule has 0 aromatic heterocycles. The fourth-order valence-corrected chi connectivity index (χ4v) is 0.974. The lowest BCUT2D eigenvalue weighted by Crippen LogP contribution is -2.22. The van der Waals surface area contributed by atoms with E-state index in [2.05, 4.69) is 18.8 Å². The number of hydrogen-bond donors (Lipinski definition) is 1. The highest BCUT2D eigenvalue weighted by Gasteiger charge is 1.98. The second-order valence-electron chi connectivity index (χ2n) is 2.92. The zero-order valence-corrected chi connectivity index (χ0v) is 7.94. The minimum Gasteiger partial charge on any atom is -0.307 e. The second kappa shape index (κ2) is 8.47. The molecule has 2 heteroatoms. The van der Waals surface area contributed by atoms with Crippen LogP contribution in [0.4, 0.5) is 0 Å². The van der Waals surface area contributed by atoms with Crippen molar-refractivity contribution >= 4 is 5.78 Å². The van der Waals surface area contributed by atoms with Gasteiger partial charge in [0.15, 0.2) is 0 Å². The molecule has 0 aliphatic carbocycles. The van der Waals surface area contributed by atoms with Crippen molar-refractivity contribution in [3.05, 3.63) is 12.7 Å². The summed E-state index contributed by atoms with van der Waals surface area (Å²) in [6.45, 7) is 6.92. The van der Waals surface area contributed by atoms with Gasteiger partial charge in [0.1, 0.15) is 5.78 Å². The summed E-state index contributed by atoms with van der Waals surface area (Å²) in [5.74, 6) is 0.310. The topological polar surface area (TPSA) is 29.1 Å². The second-order valence-corrected chi connectivity index (χ2v) is 2.92. The SMILES string of the molecule is C=CCNCC(=O)CCCCC. The van der Waals surface area contributed by atoms with E-state index < -0.39 is 0 Å². The largest absolute Gasteiger partial charge is 0.307 e. The number of hydrogen-bond acceptors (Lipinski definition) is 2. The summed E-state index contributed by atoms with van der Waals surface area (Å²) in [6.07, 6.45) is 5.85. The summed E-state index contributed by atoms with van der Waals surface area (Å²) in [6, 6.07) is 0. The number of ketones is 1. The Morgan fingerprint density at radius 3 is 2.83 bits per heavy atom. The number of rotatable bonds is 8. The third-order valence-corrected chi connectivity index (χ3v) is 1.67. The molecule has 0 heterocycles. The summed E-state index contributed by atoms with van der Waals surface area (Å²) < 4.78 is 0. The van der Waals surface area contributed by atoms with Gasteiger partial charge in [0, 0.05) is 13.0 Å². The molecule has 0 aromatic rings. The summed E-state index contributed by atoms with van der Waals surface area (Å²) in [5, 5.41) is 2.99. The van der Waals surface area contributed by atoms with Crippen molar-refractivity contribution in [2.75, 3.05) is 13.1 Å². The monoisotopic (exact) mass is 169 g/mol. The Hall–Kier alpha value is -0.630. The zero-order valence-electron chi connectivity index (χ0n) is 7.94. The van der Waals surface area contributed by atoms with Gasteiger partial charge in [0.25, 0.3) is 0 Å². The van der Waals surface area contributed by atoms with E-state index in [0.717, 1.165) is 25.8 Å². The van der Waals surface area contributed by atoms with E-state index in [9.17, 15) is 4.79 Å². The van der Waals surface area contributed by atoms with Crippen LogP contribution < -0.4 is 5.32 Å². The lowest BCUT2D eigenvalue weighted by Gasteiger charge is -2.00. The Kier molecular flexibility index (Phi) is 8.02. The van der Waals surface area contributed by atoms with Crippen molar-refractivity contribution in [1.82, 2.24) is 5.32 Å². The average molecular weight is 169 g/mol. The quantitative estimate of drug-likeness (QED) is 0.444. The molecular weight excluding hydrogens is 150 g/mol. The fraction of sp³-hybridized carbons (Fsp3) is 0.700. The number of nitrogens with one attached hydrogen (secondary N) is 1. The summed E-state index contributed by atoms with van der Waals surface area (Å²) in [7, 11) is 0. The molecule has 0 aliphatic rings. The minimum absolute atomic E-state index is 0.310.